The summed E-state index contributed by atoms with van der Waals surface area (Å²) in [4.78, 5) is 0. The number of rotatable bonds is 0. The minimum Gasteiger partial charge on any atom is -0.247 e. The smallest absolute Gasteiger partial charge is 0.100 e. The van der Waals surface area contributed by atoms with E-state index in [1.807, 2.05) is 0 Å². The number of alkyl halides is 1. The van der Waals surface area contributed by atoms with Crippen LogP contribution in [0.2, 0.25) is 0 Å². The first kappa shape index (κ1) is 8.93. The van der Waals surface area contributed by atoms with Gasteiger partial charge in [0.25, 0.3) is 0 Å². The third-order valence-corrected chi connectivity index (χ3v) is 1.28. The van der Waals surface area contributed by atoms with E-state index in [1.165, 1.54) is 6.42 Å². The Morgan fingerprint density at radius 1 is 1.22 bits per heavy atom. The molecule has 0 unspecified atom stereocenters. The quantitative estimate of drug-likeness (QED) is 0.474. The van der Waals surface area contributed by atoms with Gasteiger partial charge in [-0.3, -0.25) is 0 Å². The molecule has 0 N–H and O–H groups in total. The maximum atomic E-state index is 11.9. The molecule has 56 valence electrons. The van der Waals surface area contributed by atoms with Gasteiger partial charge >= 0.3 is 0 Å². The topological polar surface area (TPSA) is 0 Å². The Labute approximate surface area is 57.5 Å². The maximum absolute atomic E-state index is 11.9. The molecule has 0 aromatic rings. The molecule has 1 aliphatic carbocycles. The number of halogens is 1. The van der Waals surface area contributed by atoms with Crippen LogP contribution in [0.25, 0.3) is 0 Å². The van der Waals surface area contributed by atoms with Crippen molar-refractivity contribution in [3.63, 3.8) is 0 Å². The zero-order valence-corrected chi connectivity index (χ0v) is 6.49. The number of hydrogen-bond acceptors (Lipinski definition) is 0. The summed E-state index contributed by atoms with van der Waals surface area (Å²) in [6, 6.07) is 0. The maximum Gasteiger partial charge on any atom is 0.100 e. The molecule has 1 saturated carbocycles. The van der Waals surface area contributed by atoms with Crippen molar-refractivity contribution in [2.75, 3.05) is 0 Å². The highest BCUT2D eigenvalue weighted by Gasteiger charge is 2.11. The van der Waals surface area contributed by atoms with Crippen LogP contribution in [0.3, 0.4) is 0 Å². The second-order valence-corrected chi connectivity index (χ2v) is 2.59. The highest BCUT2D eigenvalue weighted by molar-refractivity contribution is 4.63. The molecule has 9 heavy (non-hydrogen) atoms. The lowest BCUT2D eigenvalue weighted by Crippen LogP contribution is -1.85. The first-order valence-corrected chi connectivity index (χ1v) is 3.95. The summed E-state index contributed by atoms with van der Waals surface area (Å²) in [5, 5.41) is 0. The van der Waals surface area contributed by atoms with Gasteiger partial charge < -0.3 is 0 Å². The van der Waals surface area contributed by atoms with Crippen LogP contribution in [-0.4, -0.2) is 6.17 Å². The SMILES string of the molecule is CCC.FC1CCCC1. The Morgan fingerprint density at radius 3 is 1.67 bits per heavy atom. The second kappa shape index (κ2) is 6.06. The highest BCUT2D eigenvalue weighted by Crippen LogP contribution is 2.19. The average molecular weight is 132 g/mol. The predicted molar refractivity (Wildman–Crippen MR) is 39.3 cm³/mol. The van der Waals surface area contributed by atoms with Crippen molar-refractivity contribution in [3.05, 3.63) is 0 Å². The Hall–Kier alpha value is -0.0700. The second-order valence-electron chi connectivity index (χ2n) is 2.59. The standard InChI is InChI=1S/C5H9F.C3H8/c6-5-3-1-2-4-5;1-3-2/h5H,1-4H2;3H2,1-2H3. The van der Waals surface area contributed by atoms with Gasteiger partial charge in [-0.2, -0.15) is 0 Å². The van der Waals surface area contributed by atoms with Gasteiger partial charge in [-0.25, -0.2) is 4.39 Å². The van der Waals surface area contributed by atoms with Crippen molar-refractivity contribution >= 4 is 0 Å². The number of hydrogen-bond donors (Lipinski definition) is 0. The summed E-state index contributed by atoms with van der Waals surface area (Å²) >= 11 is 0. The van der Waals surface area contributed by atoms with Crippen molar-refractivity contribution in [2.24, 2.45) is 0 Å². The zero-order chi connectivity index (χ0) is 7.11. The van der Waals surface area contributed by atoms with Crippen LogP contribution in [0.15, 0.2) is 0 Å². The van der Waals surface area contributed by atoms with Crippen LogP contribution in [-0.2, 0) is 0 Å². The fourth-order valence-corrected chi connectivity index (χ4v) is 0.876. The molecule has 0 aromatic carbocycles. The first-order valence-electron chi connectivity index (χ1n) is 3.95. The molecule has 0 aromatic heterocycles. The van der Waals surface area contributed by atoms with E-state index in [-0.39, 0.29) is 0 Å². The van der Waals surface area contributed by atoms with Crippen LogP contribution in [0.4, 0.5) is 4.39 Å². The normalized spacial score (nSPS) is 19.0. The molecule has 0 heterocycles. The van der Waals surface area contributed by atoms with Gasteiger partial charge in [0, 0.05) is 0 Å². The fourth-order valence-electron chi connectivity index (χ4n) is 0.876. The molecule has 0 spiro atoms. The molecule has 0 bridgehead atoms. The lowest BCUT2D eigenvalue weighted by Gasteiger charge is -1.86. The molecule has 0 radical (unpaired) electrons. The van der Waals surface area contributed by atoms with E-state index in [0.29, 0.717) is 0 Å². The molecule has 0 atom stereocenters. The van der Waals surface area contributed by atoms with E-state index in [2.05, 4.69) is 13.8 Å². The van der Waals surface area contributed by atoms with E-state index in [4.69, 9.17) is 0 Å². The molecular weight excluding hydrogens is 115 g/mol. The van der Waals surface area contributed by atoms with Crippen LogP contribution in [0.5, 0.6) is 0 Å². The molecule has 1 heteroatoms. The van der Waals surface area contributed by atoms with Crippen LogP contribution in [0.1, 0.15) is 46.0 Å². The minimum atomic E-state index is -0.454. The molecule has 1 rings (SSSR count). The molecule has 0 amide bonds. The van der Waals surface area contributed by atoms with Gasteiger partial charge in [0.15, 0.2) is 0 Å². The summed E-state index contributed by atoms with van der Waals surface area (Å²) in [7, 11) is 0. The third-order valence-electron chi connectivity index (χ3n) is 1.28. The molecule has 1 aliphatic rings. The Kier molecular flexibility index (Phi) is 6.01. The fraction of sp³-hybridized carbons (Fsp3) is 1.00. The van der Waals surface area contributed by atoms with Crippen molar-refractivity contribution < 1.29 is 4.39 Å². The van der Waals surface area contributed by atoms with E-state index in [0.717, 1.165) is 25.7 Å². The van der Waals surface area contributed by atoms with Crippen LogP contribution < -0.4 is 0 Å². The van der Waals surface area contributed by atoms with Gasteiger partial charge in [0.1, 0.15) is 6.17 Å². The zero-order valence-electron chi connectivity index (χ0n) is 6.49. The van der Waals surface area contributed by atoms with Crippen LogP contribution in [0, 0.1) is 0 Å². The van der Waals surface area contributed by atoms with E-state index in [9.17, 15) is 4.39 Å². The van der Waals surface area contributed by atoms with Crippen molar-refractivity contribution in [1.82, 2.24) is 0 Å². The van der Waals surface area contributed by atoms with Crippen molar-refractivity contribution in [3.8, 4) is 0 Å². The minimum absolute atomic E-state index is 0.454. The Morgan fingerprint density at radius 2 is 1.56 bits per heavy atom. The molecule has 0 nitrogen and oxygen atoms in total. The van der Waals surface area contributed by atoms with Gasteiger partial charge in [-0.1, -0.05) is 33.1 Å². The monoisotopic (exact) mass is 132 g/mol. The van der Waals surface area contributed by atoms with Gasteiger partial charge in [-0.05, 0) is 12.8 Å². The molecule has 0 aliphatic heterocycles. The average Bonchev–Trinajstić information content (AvgIpc) is 2.20. The molecule has 1 fully saturated rings. The summed E-state index contributed by atoms with van der Waals surface area (Å²) in [5.74, 6) is 0. The lowest BCUT2D eigenvalue weighted by atomic mass is 10.3. The summed E-state index contributed by atoms with van der Waals surface area (Å²) in [6.45, 7) is 4.25. The van der Waals surface area contributed by atoms with E-state index in [1.54, 1.807) is 0 Å². The van der Waals surface area contributed by atoms with Crippen LogP contribution >= 0.6 is 0 Å². The van der Waals surface area contributed by atoms with Crippen molar-refractivity contribution in [1.29, 1.82) is 0 Å². The first-order chi connectivity index (χ1) is 4.31. The Bertz CT molecular complexity index is 46.5. The lowest BCUT2D eigenvalue weighted by molar-refractivity contribution is 0.343. The highest BCUT2D eigenvalue weighted by atomic mass is 19.1. The van der Waals surface area contributed by atoms with Gasteiger partial charge in [0.2, 0.25) is 0 Å². The molecular formula is C8H17F. The van der Waals surface area contributed by atoms with Crippen molar-refractivity contribution in [2.45, 2.75) is 52.1 Å². The van der Waals surface area contributed by atoms with E-state index >= 15 is 0 Å². The largest absolute Gasteiger partial charge is 0.247 e. The summed E-state index contributed by atoms with van der Waals surface area (Å²) in [5.41, 5.74) is 0. The predicted octanol–water partition coefficient (Wildman–Crippen LogP) is 3.31. The van der Waals surface area contributed by atoms with Gasteiger partial charge in [-0.15, -0.1) is 0 Å². The third kappa shape index (κ3) is 5.81. The van der Waals surface area contributed by atoms with E-state index < -0.39 is 6.17 Å². The molecule has 0 saturated heterocycles. The summed E-state index contributed by atoms with van der Waals surface area (Å²) < 4.78 is 11.9. The Balaban J connectivity index is 0.000000187. The van der Waals surface area contributed by atoms with Gasteiger partial charge in [0.05, 0.1) is 0 Å². The summed E-state index contributed by atoms with van der Waals surface area (Å²) in [6.07, 6.45) is 4.66.